The molecule has 0 atom stereocenters. The highest BCUT2D eigenvalue weighted by Crippen LogP contribution is 2.32. The van der Waals surface area contributed by atoms with Gasteiger partial charge in [0.2, 0.25) is 0 Å². The summed E-state index contributed by atoms with van der Waals surface area (Å²) in [5.41, 5.74) is 6.91. The van der Waals surface area contributed by atoms with Crippen molar-refractivity contribution in [2.24, 2.45) is 5.73 Å². The third kappa shape index (κ3) is 3.56. The number of pyridine rings is 1. The van der Waals surface area contributed by atoms with E-state index in [1.165, 1.54) is 12.3 Å². The SMILES string of the molecule is NCc1cc(Cl)cc(Cl)c1OCc1cncc(F)c1. The lowest BCUT2D eigenvalue weighted by Crippen LogP contribution is -2.04. The second-order valence-electron chi connectivity index (χ2n) is 3.88. The van der Waals surface area contributed by atoms with E-state index in [2.05, 4.69) is 4.98 Å². The molecule has 6 heteroatoms. The number of aromatic nitrogens is 1. The molecular weight excluding hydrogens is 290 g/mol. The summed E-state index contributed by atoms with van der Waals surface area (Å²) in [6, 6.07) is 4.60. The number of benzene rings is 1. The van der Waals surface area contributed by atoms with Gasteiger partial charge in [0.25, 0.3) is 0 Å². The average Bonchev–Trinajstić information content (AvgIpc) is 2.37. The standard InChI is InChI=1S/C13H11Cl2FN2O/c14-10-2-9(4-17)13(12(15)3-10)19-7-8-1-11(16)6-18-5-8/h1-3,5-6H,4,7,17H2. The van der Waals surface area contributed by atoms with E-state index in [9.17, 15) is 4.39 Å². The molecule has 1 heterocycles. The summed E-state index contributed by atoms with van der Waals surface area (Å²) < 4.78 is 18.6. The number of nitrogens with zero attached hydrogens (tertiary/aromatic N) is 1. The molecule has 1 aromatic heterocycles. The summed E-state index contributed by atoms with van der Waals surface area (Å²) in [5.74, 6) is 0.0418. The highest BCUT2D eigenvalue weighted by Gasteiger charge is 2.10. The number of rotatable bonds is 4. The van der Waals surface area contributed by atoms with E-state index in [4.69, 9.17) is 33.7 Å². The fourth-order valence-electron chi connectivity index (χ4n) is 1.62. The van der Waals surface area contributed by atoms with E-state index in [1.54, 1.807) is 12.1 Å². The molecule has 0 fully saturated rings. The zero-order valence-electron chi connectivity index (χ0n) is 9.87. The fourth-order valence-corrected chi connectivity index (χ4v) is 2.21. The molecule has 2 aromatic rings. The number of ether oxygens (including phenoxy) is 1. The van der Waals surface area contributed by atoms with Crippen molar-refractivity contribution in [2.75, 3.05) is 0 Å². The van der Waals surface area contributed by atoms with Gasteiger partial charge in [-0.05, 0) is 18.2 Å². The smallest absolute Gasteiger partial charge is 0.142 e. The molecule has 2 rings (SSSR count). The average molecular weight is 301 g/mol. The van der Waals surface area contributed by atoms with Crippen molar-refractivity contribution in [3.63, 3.8) is 0 Å². The molecule has 1 aromatic carbocycles. The van der Waals surface area contributed by atoms with Gasteiger partial charge in [-0.1, -0.05) is 23.2 Å². The van der Waals surface area contributed by atoms with Crippen molar-refractivity contribution < 1.29 is 9.13 Å². The molecule has 0 unspecified atom stereocenters. The van der Waals surface area contributed by atoms with Gasteiger partial charge in [-0.2, -0.15) is 0 Å². The van der Waals surface area contributed by atoms with Gasteiger partial charge in [0.1, 0.15) is 18.2 Å². The molecule has 0 saturated carbocycles. The van der Waals surface area contributed by atoms with Crippen LogP contribution in [0.1, 0.15) is 11.1 Å². The lowest BCUT2D eigenvalue weighted by molar-refractivity contribution is 0.302. The number of hydrogen-bond acceptors (Lipinski definition) is 3. The first-order valence-corrected chi connectivity index (χ1v) is 6.26. The van der Waals surface area contributed by atoms with Gasteiger partial charge >= 0.3 is 0 Å². The largest absolute Gasteiger partial charge is 0.487 e. The zero-order valence-corrected chi connectivity index (χ0v) is 11.4. The Hall–Kier alpha value is -1.36. The minimum Gasteiger partial charge on any atom is -0.487 e. The molecule has 3 nitrogen and oxygen atoms in total. The fraction of sp³-hybridized carbons (Fsp3) is 0.154. The Labute approximate surface area is 120 Å². The van der Waals surface area contributed by atoms with Gasteiger partial charge in [0.15, 0.2) is 0 Å². The van der Waals surface area contributed by atoms with Crippen molar-refractivity contribution in [1.82, 2.24) is 4.98 Å². The Balaban J connectivity index is 2.19. The normalized spacial score (nSPS) is 10.5. The van der Waals surface area contributed by atoms with Crippen molar-refractivity contribution in [3.8, 4) is 5.75 Å². The summed E-state index contributed by atoms with van der Waals surface area (Å²) >= 11 is 11.9. The van der Waals surface area contributed by atoms with Crippen LogP contribution in [0.25, 0.3) is 0 Å². The number of hydrogen-bond donors (Lipinski definition) is 1. The third-order valence-corrected chi connectivity index (χ3v) is 2.95. The molecule has 0 amide bonds. The Kier molecular flexibility index (Phi) is 4.58. The Morgan fingerprint density at radius 2 is 2.00 bits per heavy atom. The lowest BCUT2D eigenvalue weighted by Gasteiger charge is -2.12. The van der Waals surface area contributed by atoms with Crippen molar-refractivity contribution in [1.29, 1.82) is 0 Å². The van der Waals surface area contributed by atoms with Crippen LogP contribution >= 0.6 is 23.2 Å². The van der Waals surface area contributed by atoms with Crippen molar-refractivity contribution in [2.45, 2.75) is 13.2 Å². The van der Waals surface area contributed by atoms with E-state index in [-0.39, 0.29) is 13.2 Å². The van der Waals surface area contributed by atoms with E-state index >= 15 is 0 Å². The van der Waals surface area contributed by atoms with Gasteiger partial charge in [-0.15, -0.1) is 0 Å². The van der Waals surface area contributed by atoms with Gasteiger partial charge in [0.05, 0.1) is 11.2 Å². The highest BCUT2D eigenvalue weighted by molar-refractivity contribution is 6.35. The van der Waals surface area contributed by atoms with Crippen LogP contribution in [-0.2, 0) is 13.2 Å². The molecule has 0 aliphatic carbocycles. The Morgan fingerprint density at radius 3 is 2.68 bits per heavy atom. The molecule has 0 aliphatic rings. The maximum atomic E-state index is 13.0. The van der Waals surface area contributed by atoms with Crippen LogP contribution < -0.4 is 10.5 Å². The van der Waals surface area contributed by atoms with Gasteiger partial charge in [-0.3, -0.25) is 4.98 Å². The summed E-state index contributed by atoms with van der Waals surface area (Å²) in [6.45, 7) is 0.399. The lowest BCUT2D eigenvalue weighted by atomic mass is 10.2. The van der Waals surface area contributed by atoms with Crippen LogP contribution in [0.3, 0.4) is 0 Å². The third-order valence-electron chi connectivity index (χ3n) is 2.45. The van der Waals surface area contributed by atoms with Gasteiger partial charge in [-0.25, -0.2) is 4.39 Å². The molecular formula is C13H11Cl2FN2O. The van der Waals surface area contributed by atoms with Crippen LogP contribution in [0.2, 0.25) is 10.0 Å². The number of nitrogens with two attached hydrogens (primary N) is 1. The summed E-state index contributed by atoms with van der Waals surface area (Å²) in [7, 11) is 0. The van der Waals surface area contributed by atoms with E-state index in [0.717, 1.165) is 6.20 Å². The van der Waals surface area contributed by atoms with Gasteiger partial charge in [0, 0.05) is 28.9 Å². The van der Waals surface area contributed by atoms with E-state index in [0.29, 0.717) is 26.9 Å². The minimum atomic E-state index is -0.414. The first kappa shape index (κ1) is 14.1. The first-order valence-electron chi connectivity index (χ1n) is 5.50. The Morgan fingerprint density at radius 1 is 1.21 bits per heavy atom. The van der Waals surface area contributed by atoms with Crippen molar-refractivity contribution in [3.05, 3.63) is 57.6 Å². The van der Waals surface area contributed by atoms with Crippen LogP contribution in [0.15, 0.2) is 30.6 Å². The second-order valence-corrected chi connectivity index (χ2v) is 4.72. The van der Waals surface area contributed by atoms with Gasteiger partial charge < -0.3 is 10.5 Å². The molecule has 19 heavy (non-hydrogen) atoms. The van der Waals surface area contributed by atoms with Crippen LogP contribution in [-0.4, -0.2) is 4.98 Å². The maximum absolute atomic E-state index is 13.0. The summed E-state index contributed by atoms with van der Waals surface area (Å²) in [6.07, 6.45) is 2.65. The molecule has 2 N–H and O–H groups in total. The second kappa shape index (κ2) is 6.19. The monoisotopic (exact) mass is 300 g/mol. The van der Waals surface area contributed by atoms with E-state index in [1.807, 2.05) is 0 Å². The van der Waals surface area contributed by atoms with Crippen molar-refractivity contribution >= 4 is 23.2 Å². The molecule has 100 valence electrons. The highest BCUT2D eigenvalue weighted by atomic mass is 35.5. The first-order chi connectivity index (χ1) is 9.10. The van der Waals surface area contributed by atoms with Crippen LogP contribution in [0.5, 0.6) is 5.75 Å². The maximum Gasteiger partial charge on any atom is 0.142 e. The number of halogens is 3. The molecule has 0 spiro atoms. The zero-order chi connectivity index (χ0) is 13.8. The van der Waals surface area contributed by atoms with Crippen LogP contribution in [0, 0.1) is 5.82 Å². The molecule has 0 saturated heterocycles. The Bertz CT molecular complexity index is 593. The minimum absolute atomic E-state index is 0.152. The molecule has 0 aliphatic heterocycles. The molecule has 0 radical (unpaired) electrons. The van der Waals surface area contributed by atoms with Crippen LogP contribution in [0.4, 0.5) is 4.39 Å². The topological polar surface area (TPSA) is 48.1 Å². The summed E-state index contributed by atoms with van der Waals surface area (Å²) in [4.78, 5) is 3.74. The quantitative estimate of drug-likeness (QED) is 0.939. The van der Waals surface area contributed by atoms with E-state index < -0.39 is 5.82 Å². The molecule has 0 bridgehead atoms. The predicted molar refractivity (Wildman–Crippen MR) is 72.9 cm³/mol. The predicted octanol–water partition coefficient (Wildman–Crippen LogP) is 3.57. The summed E-state index contributed by atoms with van der Waals surface area (Å²) in [5, 5.41) is 0.863.